The topological polar surface area (TPSA) is 21.6 Å². The van der Waals surface area contributed by atoms with Crippen molar-refractivity contribution in [3.8, 4) is 0 Å². The fourth-order valence-corrected chi connectivity index (χ4v) is 0.467. The Morgan fingerprint density at radius 3 is 3.00 bits per heavy atom. The fourth-order valence-electron chi connectivity index (χ4n) is 0.467. The van der Waals surface area contributed by atoms with Gasteiger partial charge in [0.2, 0.25) is 0 Å². The van der Waals surface area contributed by atoms with E-state index in [1.165, 1.54) is 0 Å². The molecule has 1 rings (SSSR count). The Hall–Kier alpha value is -0.790. The second kappa shape index (κ2) is 1.78. The van der Waals surface area contributed by atoms with E-state index in [1.54, 1.807) is 13.3 Å². The summed E-state index contributed by atoms with van der Waals surface area (Å²) in [4.78, 5) is 3.82. The van der Waals surface area contributed by atoms with E-state index in [-0.39, 0.29) is 0 Å². The van der Waals surface area contributed by atoms with E-state index < -0.39 is 0 Å². The Morgan fingerprint density at radius 1 is 1.86 bits per heavy atom. The number of ether oxygens (including phenoxy) is 1. The Kier molecular flexibility index (Phi) is 1.11. The van der Waals surface area contributed by atoms with Crippen LogP contribution >= 0.6 is 0 Å². The van der Waals surface area contributed by atoms with Crippen LogP contribution in [-0.2, 0) is 4.74 Å². The minimum atomic E-state index is 0.858. The minimum Gasteiger partial charge on any atom is -0.499 e. The zero-order chi connectivity index (χ0) is 5.11. The number of allylic oxidation sites excluding steroid dienone is 1. The van der Waals surface area contributed by atoms with Gasteiger partial charge in [-0.05, 0) is 0 Å². The van der Waals surface area contributed by atoms with E-state index in [9.17, 15) is 0 Å². The highest BCUT2D eigenvalue weighted by Crippen LogP contribution is 2.04. The maximum atomic E-state index is 4.85. The molecule has 0 spiro atoms. The summed E-state index contributed by atoms with van der Waals surface area (Å²) < 4.78 is 4.85. The van der Waals surface area contributed by atoms with E-state index in [0.29, 0.717) is 0 Å². The van der Waals surface area contributed by atoms with Crippen LogP contribution in [0.15, 0.2) is 17.0 Å². The summed E-state index contributed by atoms with van der Waals surface area (Å²) in [5.41, 5.74) is 0. The molecule has 1 aliphatic rings. The first-order valence-electron chi connectivity index (χ1n) is 2.18. The van der Waals surface area contributed by atoms with Gasteiger partial charge in [0.1, 0.15) is 5.76 Å². The summed E-state index contributed by atoms with van der Waals surface area (Å²) in [6, 6.07) is 0. The lowest BCUT2D eigenvalue weighted by molar-refractivity contribution is 0.289. The van der Waals surface area contributed by atoms with Crippen LogP contribution in [0.2, 0.25) is 0 Å². The summed E-state index contributed by atoms with van der Waals surface area (Å²) in [5.74, 6) is 0.944. The van der Waals surface area contributed by atoms with Gasteiger partial charge in [-0.15, -0.1) is 0 Å². The lowest BCUT2D eigenvalue weighted by atomic mass is 10.4. The molecular weight excluding hydrogens is 90.1 g/mol. The molecule has 7 heavy (non-hydrogen) atoms. The standard InChI is InChI=1S/C5H7NO/c1-7-5-2-3-6-4-5/h3-4H,2H2,1H3. The molecule has 0 fully saturated rings. The smallest absolute Gasteiger partial charge is 0.119 e. The molecule has 2 nitrogen and oxygen atoms in total. The molecule has 1 aliphatic heterocycles. The van der Waals surface area contributed by atoms with Crippen molar-refractivity contribution in [3.63, 3.8) is 0 Å². The molecule has 0 unspecified atom stereocenters. The van der Waals surface area contributed by atoms with Crippen LogP contribution < -0.4 is 0 Å². The first-order valence-corrected chi connectivity index (χ1v) is 2.18. The first-order chi connectivity index (χ1) is 3.43. The first kappa shape index (κ1) is 4.37. The van der Waals surface area contributed by atoms with Crippen molar-refractivity contribution in [2.75, 3.05) is 7.11 Å². The average molecular weight is 97.1 g/mol. The van der Waals surface area contributed by atoms with Gasteiger partial charge in [-0.2, -0.15) is 0 Å². The average Bonchev–Trinajstić information content (AvgIpc) is 2.14. The number of aliphatic imine (C=N–C) groups is 1. The Morgan fingerprint density at radius 2 is 2.71 bits per heavy atom. The summed E-state index contributed by atoms with van der Waals surface area (Å²) >= 11 is 0. The maximum absolute atomic E-state index is 4.85. The monoisotopic (exact) mass is 97.1 g/mol. The van der Waals surface area contributed by atoms with Gasteiger partial charge in [0.05, 0.1) is 13.3 Å². The lowest BCUT2D eigenvalue weighted by Crippen LogP contribution is -1.79. The maximum Gasteiger partial charge on any atom is 0.119 e. The summed E-state index contributed by atoms with van der Waals surface area (Å²) in [7, 11) is 1.65. The molecule has 0 saturated carbocycles. The van der Waals surface area contributed by atoms with Gasteiger partial charge in [-0.3, -0.25) is 4.99 Å². The summed E-state index contributed by atoms with van der Waals surface area (Å²) in [5, 5.41) is 0. The molecule has 0 aromatic rings. The normalized spacial score (nSPS) is 17.0. The highest BCUT2D eigenvalue weighted by Gasteiger charge is 1.95. The molecule has 0 bridgehead atoms. The minimum absolute atomic E-state index is 0.858. The molecule has 0 atom stereocenters. The number of rotatable bonds is 1. The van der Waals surface area contributed by atoms with Crippen molar-refractivity contribution in [2.24, 2.45) is 4.99 Å². The van der Waals surface area contributed by atoms with Crippen LogP contribution in [0.3, 0.4) is 0 Å². The van der Waals surface area contributed by atoms with E-state index in [0.717, 1.165) is 12.2 Å². The van der Waals surface area contributed by atoms with Gasteiger partial charge in [0, 0.05) is 12.6 Å². The van der Waals surface area contributed by atoms with Gasteiger partial charge in [-0.1, -0.05) is 0 Å². The van der Waals surface area contributed by atoms with E-state index in [4.69, 9.17) is 4.74 Å². The van der Waals surface area contributed by atoms with E-state index in [1.807, 2.05) is 6.21 Å². The molecule has 38 valence electrons. The van der Waals surface area contributed by atoms with Gasteiger partial charge < -0.3 is 4.74 Å². The SMILES string of the molecule is COC1=CN=CC1. The Labute approximate surface area is 42.5 Å². The lowest BCUT2D eigenvalue weighted by Gasteiger charge is -1.92. The third kappa shape index (κ3) is 0.796. The molecule has 0 radical (unpaired) electrons. The molecule has 0 amide bonds. The number of hydrogen-bond donors (Lipinski definition) is 0. The molecule has 0 aromatic carbocycles. The molecule has 0 saturated heterocycles. The predicted molar refractivity (Wildman–Crippen MR) is 28.2 cm³/mol. The van der Waals surface area contributed by atoms with Gasteiger partial charge in [-0.25, -0.2) is 0 Å². The second-order valence-electron chi connectivity index (χ2n) is 1.34. The highest BCUT2D eigenvalue weighted by atomic mass is 16.5. The molecule has 1 heterocycles. The van der Waals surface area contributed by atoms with Crippen LogP contribution in [0.25, 0.3) is 0 Å². The van der Waals surface area contributed by atoms with Crippen molar-refractivity contribution in [2.45, 2.75) is 6.42 Å². The number of methoxy groups -OCH3 is 1. The highest BCUT2D eigenvalue weighted by molar-refractivity contribution is 5.64. The van der Waals surface area contributed by atoms with Crippen LogP contribution in [0.4, 0.5) is 0 Å². The van der Waals surface area contributed by atoms with E-state index >= 15 is 0 Å². The van der Waals surface area contributed by atoms with Crippen molar-refractivity contribution in [3.05, 3.63) is 12.0 Å². The molecule has 2 heteroatoms. The third-order valence-corrected chi connectivity index (χ3v) is 0.879. The van der Waals surface area contributed by atoms with Crippen molar-refractivity contribution in [1.29, 1.82) is 0 Å². The Balaban J connectivity index is 2.45. The molecule has 0 N–H and O–H groups in total. The molecule has 0 aliphatic carbocycles. The number of nitrogens with zero attached hydrogens (tertiary/aromatic N) is 1. The summed E-state index contributed by atoms with van der Waals surface area (Å²) in [6.07, 6.45) is 4.40. The van der Waals surface area contributed by atoms with Crippen LogP contribution in [0, 0.1) is 0 Å². The molecular formula is C5H7NO. The van der Waals surface area contributed by atoms with Gasteiger partial charge in [0.25, 0.3) is 0 Å². The zero-order valence-corrected chi connectivity index (χ0v) is 4.22. The predicted octanol–water partition coefficient (Wildman–Crippen LogP) is 0.949. The van der Waals surface area contributed by atoms with Crippen LogP contribution in [-0.4, -0.2) is 13.3 Å². The van der Waals surface area contributed by atoms with Crippen molar-refractivity contribution < 1.29 is 4.74 Å². The largest absolute Gasteiger partial charge is 0.499 e. The Bertz CT molecular complexity index is 115. The van der Waals surface area contributed by atoms with Crippen molar-refractivity contribution >= 4 is 6.21 Å². The van der Waals surface area contributed by atoms with Crippen molar-refractivity contribution in [1.82, 2.24) is 0 Å². The van der Waals surface area contributed by atoms with E-state index in [2.05, 4.69) is 4.99 Å². The molecule has 0 aromatic heterocycles. The quantitative estimate of drug-likeness (QED) is 0.477. The van der Waals surface area contributed by atoms with Crippen LogP contribution in [0.1, 0.15) is 6.42 Å². The van der Waals surface area contributed by atoms with Gasteiger partial charge >= 0.3 is 0 Å². The summed E-state index contributed by atoms with van der Waals surface area (Å²) in [6.45, 7) is 0. The van der Waals surface area contributed by atoms with Crippen LogP contribution in [0.5, 0.6) is 0 Å². The second-order valence-corrected chi connectivity index (χ2v) is 1.34. The number of hydrogen-bond acceptors (Lipinski definition) is 2. The zero-order valence-electron chi connectivity index (χ0n) is 4.22. The third-order valence-electron chi connectivity index (χ3n) is 0.879. The van der Waals surface area contributed by atoms with Gasteiger partial charge in [0.15, 0.2) is 0 Å². The fraction of sp³-hybridized carbons (Fsp3) is 0.400.